The minimum absolute atomic E-state index is 0.0573. The van der Waals surface area contributed by atoms with E-state index in [1.165, 1.54) is 0 Å². The van der Waals surface area contributed by atoms with Gasteiger partial charge in [0.15, 0.2) is 5.82 Å². The zero-order chi connectivity index (χ0) is 17.2. The van der Waals surface area contributed by atoms with Crippen LogP contribution in [-0.2, 0) is 4.79 Å². The number of piperidine rings is 1. The molecule has 8 nitrogen and oxygen atoms in total. The van der Waals surface area contributed by atoms with Crippen LogP contribution >= 0.6 is 0 Å². The molecule has 2 aliphatic rings. The first-order valence-corrected chi connectivity index (χ1v) is 8.74. The number of hydrogen-bond donors (Lipinski definition) is 2. The minimum Gasteiger partial charge on any atom is -0.494 e. The fourth-order valence-corrected chi connectivity index (χ4v) is 3.22. The highest BCUT2D eigenvalue weighted by atomic mass is 16.5. The van der Waals surface area contributed by atoms with E-state index in [0.29, 0.717) is 11.7 Å². The lowest BCUT2D eigenvalue weighted by Gasteiger charge is -2.22. The summed E-state index contributed by atoms with van der Waals surface area (Å²) in [5.41, 5.74) is 1.48. The van der Waals surface area contributed by atoms with Crippen LogP contribution in [0.5, 0.6) is 5.75 Å². The number of hydrogen-bond acceptors (Lipinski definition) is 6. The number of anilines is 1. The summed E-state index contributed by atoms with van der Waals surface area (Å²) in [5, 5.41) is 18.4. The number of rotatable bonds is 5. The minimum atomic E-state index is 0.0573. The van der Waals surface area contributed by atoms with Crippen molar-refractivity contribution in [2.75, 3.05) is 25.5 Å². The molecule has 1 aliphatic heterocycles. The molecule has 1 aliphatic carbocycles. The van der Waals surface area contributed by atoms with E-state index in [2.05, 4.69) is 26.2 Å². The molecule has 0 spiro atoms. The molecule has 0 radical (unpaired) electrons. The van der Waals surface area contributed by atoms with Crippen LogP contribution in [0.15, 0.2) is 18.2 Å². The third-order valence-electron chi connectivity index (χ3n) is 4.82. The lowest BCUT2D eigenvalue weighted by atomic mass is 9.97. The van der Waals surface area contributed by atoms with E-state index in [9.17, 15) is 4.79 Å². The van der Waals surface area contributed by atoms with Gasteiger partial charge in [0.05, 0.1) is 7.11 Å². The summed E-state index contributed by atoms with van der Waals surface area (Å²) in [4.78, 5) is 12.5. The normalized spacial score (nSPS) is 18.1. The molecule has 0 atom stereocenters. The molecule has 2 aromatic rings. The van der Waals surface area contributed by atoms with Crippen molar-refractivity contribution in [2.45, 2.75) is 31.6 Å². The molecule has 2 heterocycles. The van der Waals surface area contributed by atoms with Crippen molar-refractivity contribution in [1.29, 1.82) is 0 Å². The lowest BCUT2D eigenvalue weighted by molar-refractivity contribution is -0.120. The predicted molar refractivity (Wildman–Crippen MR) is 91.9 cm³/mol. The molecule has 1 saturated heterocycles. The average molecular weight is 342 g/mol. The van der Waals surface area contributed by atoms with Gasteiger partial charge in [0.1, 0.15) is 11.4 Å². The third kappa shape index (κ3) is 3.34. The second-order valence-corrected chi connectivity index (χ2v) is 6.62. The number of aromatic nitrogens is 4. The Kier molecular flexibility index (Phi) is 4.35. The van der Waals surface area contributed by atoms with E-state index in [0.717, 1.165) is 56.0 Å². The van der Waals surface area contributed by atoms with Gasteiger partial charge in [-0.05, 0) is 67.4 Å². The molecule has 8 heteroatoms. The number of nitrogens with one attached hydrogen (secondary N) is 2. The molecule has 1 aromatic heterocycles. The molecule has 1 saturated carbocycles. The van der Waals surface area contributed by atoms with Crippen LogP contribution in [-0.4, -0.2) is 46.3 Å². The van der Waals surface area contributed by atoms with E-state index in [1.807, 2.05) is 18.2 Å². The first kappa shape index (κ1) is 16.0. The number of tetrazole rings is 1. The molecule has 25 heavy (non-hydrogen) atoms. The smallest absolute Gasteiger partial charge is 0.227 e. The summed E-state index contributed by atoms with van der Waals surface area (Å²) in [5.74, 6) is 2.06. The van der Waals surface area contributed by atoms with Crippen LogP contribution in [0.1, 0.15) is 37.4 Å². The van der Waals surface area contributed by atoms with E-state index in [-0.39, 0.29) is 11.8 Å². The fourth-order valence-electron chi connectivity index (χ4n) is 3.22. The van der Waals surface area contributed by atoms with Gasteiger partial charge in [0.2, 0.25) is 5.91 Å². The highest BCUT2D eigenvalue weighted by Crippen LogP contribution is 2.40. The molecule has 0 bridgehead atoms. The molecular formula is C17H22N6O2. The zero-order valence-corrected chi connectivity index (χ0v) is 14.2. The molecule has 2 N–H and O–H groups in total. The predicted octanol–water partition coefficient (Wildman–Crippen LogP) is 1.49. The maximum absolute atomic E-state index is 12.5. The standard InChI is InChI=1S/C17H22N6O2/c1-25-15-5-4-13(19-17(24)12-6-8-18-9-7-12)10-14(15)23-16(11-2-3-11)20-21-22-23/h4-5,10-12,18H,2-3,6-9H2,1H3,(H,19,24). The Bertz CT molecular complexity index is 764. The number of nitrogens with zero attached hydrogens (tertiary/aromatic N) is 4. The topological polar surface area (TPSA) is 94.0 Å². The SMILES string of the molecule is COc1ccc(NC(=O)C2CCNCC2)cc1-n1nnnc1C1CC1. The summed E-state index contributed by atoms with van der Waals surface area (Å²) in [6.07, 6.45) is 3.95. The summed E-state index contributed by atoms with van der Waals surface area (Å²) in [6.45, 7) is 1.78. The first-order chi connectivity index (χ1) is 12.3. The fraction of sp³-hybridized carbons (Fsp3) is 0.529. The Hall–Kier alpha value is -2.48. The molecule has 1 aromatic carbocycles. The van der Waals surface area contributed by atoms with Crippen molar-refractivity contribution in [2.24, 2.45) is 5.92 Å². The quantitative estimate of drug-likeness (QED) is 0.855. The Morgan fingerprint density at radius 1 is 1.28 bits per heavy atom. The Balaban J connectivity index is 1.59. The second kappa shape index (κ2) is 6.79. The molecule has 1 amide bonds. The monoisotopic (exact) mass is 342 g/mol. The van der Waals surface area contributed by atoms with Gasteiger partial charge in [0.25, 0.3) is 0 Å². The van der Waals surface area contributed by atoms with Crippen molar-refractivity contribution in [3.05, 3.63) is 24.0 Å². The van der Waals surface area contributed by atoms with E-state index >= 15 is 0 Å². The maximum Gasteiger partial charge on any atom is 0.227 e. The van der Waals surface area contributed by atoms with Crippen LogP contribution in [0, 0.1) is 5.92 Å². The van der Waals surface area contributed by atoms with E-state index in [1.54, 1.807) is 11.8 Å². The molecule has 132 valence electrons. The van der Waals surface area contributed by atoms with Gasteiger partial charge in [0, 0.05) is 17.5 Å². The number of benzene rings is 1. The van der Waals surface area contributed by atoms with Crippen LogP contribution in [0.2, 0.25) is 0 Å². The number of methoxy groups -OCH3 is 1. The first-order valence-electron chi connectivity index (χ1n) is 8.74. The van der Waals surface area contributed by atoms with Gasteiger partial charge in [-0.15, -0.1) is 5.10 Å². The van der Waals surface area contributed by atoms with Crippen molar-refractivity contribution < 1.29 is 9.53 Å². The highest BCUT2D eigenvalue weighted by Gasteiger charge is 2.31. The van der Waals surface area contributed by atoms with Crippen LogP contribution in [0.25, 0.3) is 5.69 Å². The van der Waals surface area contributed by atoms with Gasteiger partial charge in [-0.25, -0.2) is 0 Å². The van der Waals surface area contributed by atoms with Crippen LogP contribution < -0.4 is 15.4 Å². The summed E-state index contributed by atoms with van der Waals surface area (Å²) in [6, 6.07) is 5.56. The number of carbonyl (C=O) groups is 1. The van der Waals surface area contributed by atoms with E-state index in [4.69, 9.17) is 4.74 Å². The van der Waals surface area contributed by atoms with Gasteiger partial charge in [-0.3, -0.25) is 4.79 Å². The summed E-state index contributed by atoms with van der Waals surface area (Å²) in [7, 11) is 1.62. The van der Waals surface area contributed by atoms with Gasteiger partial charge in [-0.1, -0.05) is 0 Å². The zero-order valence-electron chi connectivity index (χ0n) is 14.2. The Morgan fingerprint density at radius 2 is 2.08 bits per heavy atom. The van der Waals surface area contributed by atoms with Gasteiger partial charge < -0.3 is 15.4 Å². The van der Waals surface area contributed by atoms with Gasteiger partial charge >= 0.3 is 0 Å². The average Bonchev–Trinajstić information content (AvgIpc) is 3.39. The van der Waals surface area contributed by atoms with Crippen molar-refractivity contribution in [3.63, 3.8) is 0 Å². The van der Waals surface area contributed by atoms with E-state index < -0.39 is 0 Å². The van der Waals surface area contributed by atoms with Crippen molar-refractivity contribution in [1.82, 2.24) is 25.5 Å². The summed E-state index contributed by atoms with van der Waals surface area (Å²) < 4.78 is 7.18. The Morgan fingerprint density at radius 3 is 2.80 bits per heavy atom. The third-order valence-corrected chi connectivity index (χ3v) is 4.82. The summed E-state index contributed by atoms with van der Waals surface area (Å²) >= 11 is 0. The lowest BCUT2D eigenvalue weighted by Crippen LogP contribution is -2.34. The van der Waals surface area contributed by atoms with Crippen molar-refractivity contribution >= 4 is 11.6 Å². The molecule has 0 unspecified atom stereocenters. The Labute approximate surface area is 145 Å². The number of carbonyl (C=O) groups excluding carboxylic acids is 1. The molecule has 2 fully saturated rings. The maximum atomic E-state index is 12.5. The van der Waals surface area contributed by atoms with Crippen LogP contribution in [0.3, 0.4) is 0 Å². The second-order valence-electron chi connectivity index (χ2n) is 6.62. The van der Waals surface area contributed by atoms with Crippen molar-refractivity contribution in [3.8, 4) is 11.4 Å². The molecule has 4 rings (SSSR count). The van der Waals surface area contributed by atoms with Crippen LogP contribution in [0.4, 0.5) is 5.69 Å². The molecular weight excluding hydrogens is 320 g/mol. The highest BCUT2D eigenvalue weighted by molar-refractivity contribution is 5.93. The number of ether oxygens (including phenoxy) is 1. The number of amides is 1. The van der Waals surface area contributed by atoms with Gasteiger partial charge in [-0.2, -0.15) is 4.68 Å². The largest absolute Gasteiger partial charge is 0.494 e.